The molecule has 0 spiro atoms. The van der Waals surface area contributed by atoms with Gasteiger partial charge in [-0.05, 0) is 31.2 Å². The Balaban J connectivity index is 1.72. The summed E-state index contributed by atoms with van der Waals surface area (Å²) in [6.07, 6.45) is 0. The number of aryl methyl sites for hydroxylation is 1. The van der Waals surface area contributed by atoms with Gasteiger partial charge in [0.2, 0.25) is 0 Å². The highest BCUT2D eigenvalue weighted by atomic mass is 16.7. The number of nitrogens with zero attached hydrogens (tertiary/aromatic N) is 3. The van der Waals surface area contributed by atoms with E-state index in [-0.39, 0.29) is 13.6 Å². The molecule has 146 valence electrons. The van der Waals surface area contributed by atoms with Crippen LogP contribution in [0.3, 0.4) is 0 Å². The molecule has 0 amide bonds. The van der Waals surface area contributed by atoms with Crippen molar-refractivity contribution in [3.05, 3.63) is 42.1 Å². The highest BCUT2D eigenvalue weighted by molar-refractivity contribution is 5.62. The number of aromatic nitrogens is 1. The van der Waals surface area contributed by atoms with Crippen LogP contribution in [0.5, 0.6) is 11.5 Å². The van der Waals surface area contributed by atoms with Gasteiger partial charge in [-0.1, -0.05) is 6.07 Å². The number of pyridine rings is 1. The van der Waals surface area contributed by atoms with Gasteiger partial charge in [-0.2, -0.15) is 0 Å². The predicted octanol–water partition coefficient (Wildman–Crippen LogP) is 2.68. The maximum absolute atomic E-state index is 5.75. The molecular weight excluding hydrogens is 346 g/mol. The molecule has 0 aliphatic carbocycles. The smallest absolute Gasteiger partial charge is 0.188 e. The van der Waals surface area contributed by atoms with Gasteiger partial charge in [-0.15, -0.1) is 0 Å². The number of ether oxygens (including phenoxy) is 4. The molecule has 1 saturated heterocycles. The molecule has 27 heavy (non-hydrogen) atoms. The second-order valence-electron chi connectivity index (χ2n) is 6.34. The molecule has 1 aromatic carbocycles. The molecule has 0 bridgehead atoms. The van der Waals surface area contributed by atoms with Gasteiger partial charge in [0, 0.05) is 52.2 Å². The summed E-state index contributed by atoms with van der Waals surface area (Å²) in [6.45, 7) is 5.96. The van der Waals surface area contributed by atoms with Crippen molar-refractivity contribution in [2.45, 2.75) is 6.92 Å². The normalized spacial score (nSPS) is 14.3. The molecule has 3 rings (SSSR count). The fraction of sp³-hybridized carbons (Fsp3) is 0.450. The van der Waals surface area contributed by atoms with Crippen molar-refractivity contribution in [2.75, 3.05) is 63.8 Å². The molecule has 1 aliphatic heterocycles. The van der Waals surface area contributed by atoms with Crippen LogP contribution in [-0.2, 0) is 9.47 Å². The zero-order chi connectivity index (χ0) is 19.1. The molecule has 0 radical (unpaired) electrons. The van der Waals surface area contributed by atoms with E-state index in [1.807, 2.05) is 31.2 Å². The number of benzene rings is 1. The molecule has 7 nitrogen and oxygen atoms in total. The lowest BCUT2D eigenvalue weighted by atomic mass is 10.2. The Labute approximate surface area is 160 Å². The fourth-order valence-corrected chi connectivity index (χ4v) is 3.09. The number of methoxy groups -OCH3 is 2. The minimum Gasteiger partial charge on any atom is -0.467 e. The average Bonchev–Trinajstić information content (AvgIpc) is 2.71. The van der Waals surface area contributed by atoms with Crippen molar-refractivity contribution in [1.82, 2.24) is 4.98 Å². The Hall–Kier alpha value is -2.51. The van der Waals surface area contributed by atoms with E-state index in [9.17, 15) is 0 Å². The molecule has 0 atom stereocenters. The third-order valence-corrected chi connectivity index (χ3v) is 4.42. The van der Waals surface area contributed by atoms with Gasteiger partial charge in [-0.25, -0.2) is 4.98 Å². The lowest BCUT2D eigenvalue weighted by molar-refractivity contribution is 0.0486. The first-order chi connectivity index (χ1) is 13.2. The maximum atomic E-state index is 5.75. The number of rotatable bonds is 8. The standard InChI is InChI=1S/C20H27N3O4/c1-16-5-4-6-20(21-16)23-11-9-22(10-12-23)18-13-17(26-14-24-2)7-8-19(18)27-15-25-3/h4-8,13H,9-12,14-15H2,1-3H3. The third kappa shape index (κ3) is 5.02. The Bertz CT molecular complexity index is 733. The van der Waals surface area contributed by atoms with Gasteiger partial charge in [0.25, 0.3) is 0 Å². The van der Waals surface area contributed by atoms with E-state index in [0.717, 1.165) is 54.9 Å². The van der Waals surface area contributed by atoms with Gasteiger partial charge in [0.05, 0.1) is 5.69 Å². The largest absolute Gasteiger partial charge is 0.467 e. The maximum Gasteiger partial charge on any atom is 0.188 e. The first kappa shape index (κ1) is 19.3. The van der Waals surface area contributed by atoms with Crippen molar-refractivity contribution in [2.24, 2.45) is 0 Å². The highest BCUT2D eigenvalue weighted by Gasteiger charge is 2.21. The van der Waals surface area contributed by atoms with E-state index in [1.165, 1.54) is 0 Å². The summed E-state index contributed by atoms with van der Waals surface area (Å²) in [5.74, 6) is 2.56. The fourth-order valence-electron chi connectivity index (χ4n) is 3.09. The average molecular weight is 373 g/mol. The second kappa shape index (κ2) is 9.43. The minimum absolute atomic E-state index is 0.207. The zero-order valence-electron chi connectivity index (χ0n) is 16.2. The molecule has 7 heteroatoms. The van der Waals surface area contributed by atoms with E-state index >= 15 is 0 Å². The summed E-state index contributed by atoms with van der Waals surface area (Å²) in [4.78, 5) is 9.25. The molecule has 0 saturated carbocycles. The van der Waals surface area contributed by atoms with Crippen molar-refractivity contribution < 1.29 is 18.9 Å². The van der Waals surface area contributed by atoms with Crippen LogP contribution in [0.4, 0.5) is 11.5 Å². The Morgan fingerprint density at radius 2 is 1.59 bits per heavy atom. The number of hydrogen-bond acceptors (Lipinski definition) is 7. The van der Waals surface area contributed by atoms with Gasteiger partial charge in [0.1, 0.15) is 17.3 Å². The molecule has 1 aliphatic rings. The number of piperazine rings is 1. The van der Waals surface area contributed by atoms with Crippen molar-refractivity contribution >= 4 is 11.5 Å². The first-order valence-electron chi connectivity index (χ1n) is 9.02. The lowest BCUT2D eigenvalue weighted by Crippen LogP contribution is -2.47. The summed E-state index contributed by atoms with van der Waals surface area (Å²) in [5, 5.41) is 0. The van der Waals surface area contributed by atoms with E-state index in [1.54, 1.807) is 14.2 Å². The number of hydrogen-bond donors (Lipinski definition) is 0. The molecule has 1 aromatic heterocycles. The van der Waals surface area contributed by atoms with Crippen LogP contribution in [0.15, 0.2) is 36.4 Å². The molecular formula is C20H27N3O4. The van der Waals surface area contributed by atoms with Crippen LogP contribution in [-0.4, -0.2) is 59.0 Å². The first-order valence-corrected chi connectivity index (χ1v) is 9.02. The number of anilines is 2. The molecule has 1 fully saturated rings. The van der Waals surface area contributed by atoms with Gasteiger partial charge >= 0.3 is 0 Å². The van der Waals surface area contributed by atoms with E-state index in [2.05, 4.69) is 26.9 Å². The zero-order valence-corrected chi connectivity index (χ0v) is 16.2. The summed E-state index contributed by atoms with van der Waals surface area (Å²) < 4.78 is 21.4. The highest BCUT2D eigenvalue weighted by Crippen LogP contribution is 2.33. The minimum atomic E-state index is 0.207. The molecule has 0 unspecified atom stereocenters. The summed E-state index contributed by atoms with van der Waals surface area (Å²) in [5.41, 5.74) is 2.03. The molecule has 2 aromatic rings. The quantitative estimate of drug-likeness (QED) is 0.660. The second-order valence-corrected chi connectivity index (χ2v) is 6.34. The monoisotopic (exact) mass is 373 g/mol. The summed E-state index contributed by atoms with van der Waals surface area (Å²) in [6, 6.07) is 11.9. The van der Waals surface area contributed by atoms with Crippen LogP contribution in [0, 0.1) is 6.92 Å². The molecule has 2 heterocycles. The van der Waals surface area contributed by atoms with Crippen LogP contribution in [0.2, 0.25) is 0 Å². The Kier molecular flexibility index (Phi) is 6.73. The summed E-state index contributed by atoms with van der Waals surface area (Å²) in [7, 11) is 3.22. The molecule has 0 N–H and O–H groups in total. The van der Waals surface area contributed by atoms with Gasteiger partial charge in [-0.3, -0.25) is 0 Å². The SMILES string of the molecule is COCOc1ccc(OCOC)c(N2CCN(c3cccc(C)n3)CC2)c1. The van der Waals surface area contributed by atoms with E-state index in [0.29, 0.717) is 0 Å². The van der Waals surface area contributed by atoms with Crippen LogP contribution in [0.1, 0.15) is 5.69 Å². The summed E-state index contributed by atoms with van der Waals surface area (Å²) >= 11 is 0. The Morgan fingerprint density at radius 3 is 2.30 bits per heavy atom. The lowest BCUT2D eigenvalue weighted by Gasteiger charge is -2.37. The van der Waals surface area contributed by atoms with Crippen LogP contribution >= 0.6 is 0 Å². The van der Waals surface area contributed by atoms with E-state index < -0.39 is 0 Å². The van der Waals surface area contributed by atoms with Gasteiger partial charge < -0.3 is 28.7 Å². The van der Waals surface area contributed by atoms with Crippen molar-refractivity contribution in [3.8, 4) is 11.5 Å². The van der Waals surface area contributed by atoms with Crippen molar-refractivity contribution in [3.63, 3.8) is 0 Å². The van der Waals surface area contributed by atoms with Crippen molar-refractivity contribution in [1.29, 1.82) is 0 Å². The van der Waals surface area contributed by atoms with Crippen LogP contribution < -0.4 is 19.3 Å². The van der Waals surface area contributed by atoms with Crippen LogP contribution in [0.25, 0.3) is 0 Å². The predicted molar refractivity (Wildman–Crippen MR) is 105 cm³/mol. The third-order valence-electron chi connectivity index (χ3n) is 4.42. The van der Waals surface area contributed by atoms with Gasteiger partial charge in [0.15, 0.2) is 13.6 Å². The van der Waals surface area contributed by atoms with E-state index in [4.69, 9.17) is 18.9 Å². The topological polar surface area (TPSA) is 56.3 Å². The Morgan fingerprint density at radius 1 is 0.889 bits per heavy atom.